The van der Waals surface area contributed by atoms with Crippen LogP contribution in [0.15, 0.2) is 46.1 Å². The Bertz CT molecular complexity index is 985. The minimum atomic E-state index is -0.989. The molecule has 1 unspecified atom stereocenters. The van der Waals surface area contributed by atoms with E-state index < -0.39 is 42.2 Å². The maximum absolute atomic E-state index is 12.8. The van der Waals surface area contributed by atoms with E-state index in [0.29, 0.717) is 4.57 Å². The first-order valence-corrected chi connectivity index (χ1v) is 7.87. The number of hydrogen-bond acceptors (Lipinski definition) is 6. The van der Waals surface area contributed by atoms with E-state index in [9.17, 15) is 24.6 Å². The van der Waals surface area contributed by atoms with Crippen LogP contribution in [0.1, 0.15) is 28.6 Å². The zero-order chi connectivity index (χ0) is 18.8. The number of carbonyl (C=O) groups excluding carboxylic acids is 1. The van der Waals surface area contributed by atoms with Crippen LogP contribution in [-0.4, -0.2) is 44.1 Å². The molecule has 2 heterocycles. The average molecular weight is 356 g/mol. The first kappa shape index (κ1) is 17.8. The first-order valence-electron chi connectivity index (χ1n) is 7.87. The van der Waals surface area contributed by atoms with Gasteiger partial charge < -0.3 is 14.9 Å². The molecule has 1 aliphatic heterocycles. The third-order valence-electron chi connectivity index (χ3n) is 4.19. The molecule has 134 valence electrons. The standard InChI is InChI=1S/C18H16N2O6/c1-2-11-9-19(15-8-13(22)14(10-21)26-15)18(25)20(16(11)23)17(24)12-6-4-3-5-7-12/h1,3-7,9,13-15,21-22H,8,10H2/t13?,14-,15-/m0/s1. The highest BCUT2D eigenvalue weighted by Crippen LogP contribution is 2.27. The van der Waals surface area contributed by atoms with Gasteiger partial charge >= 0.3 is 5.69 Å². The van der Waals surface area contributed by atoms with Crippen LogP contribution < -0.4 is 11.2 Å². The molecule has 26 heavy (non-hydrogen) atoms. The lowest BCUT2D eigenvalue weighted by molar-refractivity contribution is -0.0462. The molecule has 0 radical (unpaired) electrons. The average Bonchev–Trinajstić information content (AvgIpc) is 3.03. The Kier molecular flexibility index (Phi) is 4.86. The van der Waals surface area contributed by atoms with Crippen molar-refractivity contribution in [1.82, 2.24) is 9.13 Å². The summed E-state index contributed by atoms with van der Waals surface area (Å²) in [7, 11) is 0. The predicted molar refractivity (Wildman–Crippen MR) is 90.7 cm³/mol. The van der Waals surface area contributed by atoms with Crippen LogP contribution >= 0.6 is 0 Å². The molecule has 1 saturated heterocycles. The maximum Gasteiger partial charge on any atom is 0.340 e. The molecule has 2 aromatic rings. The summed E-state index contributed by atoms with van der Waals surface area (Å²) >= 11 is 0. The van der Waals surface area contributed by atoms with E-state index in [2.05, 4.69) is 5.92 Å². The highest BCUT2D eigenvalue weighted by atomic mass is 16.5. The number of ether oxygens (including phenoxy) is 1. The largest absolute Gasteiger partial charge is 0.394 e. The van der Waals surface area contributed by atoms with Crippen molar-refractivity contribution >= 4 is 5.91 Å². The highest BCUT2D eigenvalue weighted by Gasteiger charge is 2.36. The van der Waals surface area contributed by atoms with E-state index in [1.165, 1.54) is 12.1 Å². The molecule has 3 atom stereocenters. The number of carbonyl (C=O) groups is 1. The fourth-order valence-electron chi connectivity index (χ4n) is 2.82. The van der Waals surface area contributed by atoms with Gasteiger partial charge in [-0.15, -0.1) is 6.42 Å². The first-order chi connectivity index (χ1) is 12.5. The van der Waals surface area contributed by atoms with Gasteiger partial charge in [0.05, 0.1) is 12.7 Å². The Labute approximate surface area is 147 Å². The van der Waals surface area contributed by atoms with Gasteiger partial charge in [0.15, 0.2) is 0 Å². The summed E-state index contributed by atoms with van der Waals surface area (Å²) in [6, 6.07) is 7.84. The summed E-state index contributed by atoms with van der Waals surface area (Å²) in [5.74, 6) is 1.34. The van der Waals surface area contributed by atoms with Crippen LogP contribution in [0.3, 0.4) is 0 Å². The van der Waals surface area contributed by atoms with Crippen molar-refractivity contribution in [2.24, 2.45) is 0 Å². The zero-order valence-corrected chi connectivity index (χ0v) is 13.6. The van der Waals surface area contributed by atoms with E-state index in [1.807, 2.05) is 0 Å². The lowest BCUT2D eigenvalue weighted by Crippen LogP contribution is -2.45. The number of aliphatic hydroxyl groups is 2. The van der Waals surface area contributed by atoms with Gasteiger partial charge in [-0.2, -0.15) is 4.57 Å². The molecule has 0 bridgehead atoms. The topological polar surface area (TPSA) is 111 Å². The zero-order valence-electron chi connectivity index (χ0n) is 13.6. The molecule has 1 aromatic heterocycles. The van der Waals surface area contributed by atoms with Gasteiger partial charge in [0, 0.05) is 18.2 Å². The van der Waals surface area contributed by atoms with Crippen molar-refractivity contribution in [2.75, 3.05) is 6.61 Å². The Morgan fingerprint density at radius 2 is 2.00 bits per heavy atom. The van der Waals surface area contributed by atoms with E-state index in [0.717, 1.165) is 10.8 Å². The summed E-state index contributed by atoms with van der Waals surface area (Å²) in [5, 5.41) is 19.1. The molecule has 0 aliphatic carbocycles. The van der Waals surface area contributed by atoms with Gasteiger partial charge in [0.1, 0.15) is 17.9 Å². The Balaban J connectivity index is 2.15. The van der Waals surface area contributed by atoms with Crippen LogP contribution in [0.4, 0.5) is 0 Å². The Morgan fingerprint density at radius 1 is 1.31 bits per heavy atom. The van der Waals surface area contributed by atoms with E-state index in [-0.39, 0.29) is 17.5 Å². The van der Waals surface area contributed by atoms with Crippen LogP contribution in [0.25, 0.3) is 0 Å². The fourth-order valence-corrected chi connectivity index (χ4v) is 2.82. The molecule has 1 aliphatic rings. The van der Waals surface area contributed by atoms with Crippen molar-refractivity contribution in [1.29, 1.82) is 0 Å². The third-order valence-corrected chi connectivity index (χ3v) is 4.19. The van der Waals surface area contributed by atoms with E-state index in [1.54, 1.807) is 18.2 Å². The third kappa shape index (κ3) is 2.99. The van der Waals surface area contributed by atoms with Gasteiger partial charge in [0.25, 0.3) is 11.5 Å². The summed E-state index contributed by atoms with van der Waals surface area (Å²) in [5.41, 5.74) is -1.88. The van der Waals surface area contributed by atoms with Crippen molar-refractivity contribution < 1.29 is 19.7 Å². The highest BCUT2D eigenvalue weighted by molar-refractivity contribution is 5.95. The summed E-state index contributed by atoms with van der Waals surface area (Å²) < 4.78 is 6.88. The van der Waals surface area contributed by atoms with Gasteiger partial charge in [0.2, 0.25) is 0 Å². The smallest absolute Gasteiger partial charge is 0.340 e. The van der Waals surface area contributed by atoms with Crippen molar-refractivity contribution in [3.05, 3.63) is 68.5 Å². The lowest BCUT2D eigenvalue weighted by atomic mass is 10.2. The molecule has 3 rings (SSSR count). The minimum Gasteiger partial charge on any atom is -0.394 e. The molecular formula is C18H16N2O6. The quantitative estimate of drug-likeness (QED) is 0.705. The molecule has 8 heteroatoms. The molecule has 2 N–H and O–H groups in total. The number of nitrogens with zero attached hydrogens (tertiary/aromatic N) is 2. The predicted octanol–water partition coefficient (Wildman–Crippen LogP) is -0.680. The van der Waals surface area contributed by atoms with E-state index >= 15 is 0 Å². The fraction of sp³-hybridized carbons (Fsp3) is 0.278. The number of aliphatic hydroxyl groups excluding tert-OH is 2. The molecule has 0 saturated carbocycles. The molecule has 8 nitrogen and oxygen atoms in total. The second-order valence-electron chi connectivity index (χ2n) is 5.80. The number of hydrogen-bond donors (Lipinski definition) is 2. The Hall–Kier alpha value is -2.99. The lowest BCUT2D eigenvalue weighted by Gasteiger charge is -2.16. The van der Waals surface area contributed by atoms with Gasteiger partial charge in [-0.1, -0.05) is 24.1 Å². The van der Waals surface area contributed by atoms with Crippen molar-refractivity contribution in [2.45, 2.75) is 24.9 Å². The SMILES string of the molecule is C#Cc1cn([C@@H]2CC(O)[C@H](CO)O2)c(=O)n(C(=O)c2ccccc2)c1=O. The summed E-state index contributed by atoms with van der Waals surface area (Å²) in [6.45, 7) is -0.434. The normalized spacial score (nSPS) is 22.1. The van der Waals surface area contributed by atoms with Crippen LogP contribution in [0.5, 0.6) is 0 Å². The van der Waals surface area contributed by atoms with Crippen LogP contribution in [0.2, 0.25) is 0 Å². The number of benzene rings is 1. The minimum absolute atomic E-state index is 0.00682. The van der Waals surface area contributed by atoms with Crippen molar-refractivity contribution in [3.8, 4) is 12.3 Å². The van der Waals surface area contributed by atoms with Gasteiger partial charge in [-0.3, -0.25) is 14.2 Å². The van der Waals surface area contributed by atoms with Gasteiger partial charge in [-0.25, -0.2) is 4.79 Å². The van der Waals surface area contributed by atoms with E-state index in [4.69, 9.17) is 11.2 Å². The summed E-state index contributed by atoms with van der Waals surface area (Å²) in [4.78, 5) is 37.9. The number of aromatic nitrogens is 2. The molecule has 0 amide bonds. The van der Waals surface area contributed by atoms with Crippen molar-refractivity contribution in [3.63, 3.8) is 0 Å². The molecule has 1 aromatic carbocycles. The number of terminal acetylenes is 1. The second kappa shape index (κ2) is 7.09. The van der Waals surface area contributed by atoms with Crippen LogP contribution in [-0.2, 0) is 4.74 Å². The monoisotopic (exact) mass is 356 g/mol. The molecule has 0 spiro atoms. The maximum atomic E-state index is 12.8. The second-order valence-corrected chi connectivity index (χ2v) is 5.80. The molecular weight excluding hydrogens is 340 g/mol. The van der Waals surface area contributed by atoms with Gasteiger partial charge in [-0.05, 0) is 12.1 Å². The van der Waals surface area contributed by atoms with Crippen LogP contribution in [0, 0.1) is 12.3 Å². The summed E-state index contributed by atoms with van der Waals surface area (Å²) in [6.07, 6.45) is 3.65. The number of rotatable bonds is 3. The molecule has 1 fully saturated rings. The Morgan fingerprint density at radius 3 is 2.58 bits per heavy atom.